The van der Waals surface area contributed by atoms with E-state index in [0.717, 1.165) is 13.1 Å². The third-order valence-electron chi connectivity index (χ3n) is 5.13. The first-order valence-electron chi connectivity index (χ1n) is 7.99. The van der Waals surface area contributed by atoms with Gasteiger partial charge in [0.05, 0.1) is 11.8 Å². The normalized spacial score (nSPS) is 33.8. The molecule has 3 saturated heterocycles. The van der Waals surface area contributed by atoms with E-state index in [1.165, 1.54) is 24.1 Å². The Morgan fingerprint density at radius 3 is 2.57 bits per heavy atom. The van der Waals surface area contributed by atoms with E-state index < -0.39 is 0 Å². The van der Waals surface area contributed by atoms with Crippen LogP contribution in [0.3, 0.4) is 0 Å². The van der Waals surface area contributed by atoms with E-state index in [9.17, 15) is 4.79 Å². The lowest BCUT2D eigenvalue weighted by molar-refractivity contribution is -0.133. The van der Waals surface area contributed by atoms with Gasteiger partial charge < -0.3 is 0 Å². The summed E-state index contributed by atoms with van der Waals surface area (Å²) in [6.07, 6.45) is 2.91. The average Bonchev–Trinajstić information content (AvgIpc) is 2.98. The molecular formula is C17H21N3O. The quantitative estimate of drug-likeness (QED) is 0.835. The van der Waals surface area contributed by atoms with Crippen molar-refractivity contribution < 1.29 is 4.79 Å². The summed E-state index contributed by atoms with van der Waals surface area (Å²) in [6.45, 7) is 4.21. The maximum atomic E-state index is 12.4. The molecule has 4 heteroatoms. The number of piperidine rings is 3. The van der Waals surface area contributed by atoms with Gasteiger partial charge in [-0.2, -0.15) is 5.10 Å². The minimum absolute atomic E-state index is 0.0664. The zero-order chi connectivity index (χ0) is 14.4. The zero-order valence-electron chi connectivity index (χ0n) is 12.4. The Morgan fingerprint density at radius 1 is 1.19 bits per heavy atom. The molecule has 4 aliphatic heterocycles. The van der Waals surface area contributed by atoms with Crippen LogP contribution in [0.25, 0.3) is 0 Å². The van der Waals surface area contributed by atoms with Gasteiger partial charge in [0.25, 0.3) is 0 Å². The molecule has 21 heavy (non-hydrogen) atoms. The van der Waals surface area contributed by atoms with Crippen LogP contribution < -0.4 is 0 Å². The van der Waals surface area contributed by atoms with Crippen molar-refractivity contribution in [3.8, 4) is 0 Å². The molecule has 4 aliphatic rings. The molecule has 0 spiro atoms. The molecule has 2 bridgehead atoms. The van der Waals surface area contributed by atoms with E-state index in [1.54, 1.807) is 5.01 Å². The predicted octanol–water partition coefficient (Wildman–Crippen LogP) is 2.43. The molecule has 0 unspecified atom stereocenters. The molecule has 1 aromatic carbocycles. The molecule has 0 saturated carbocycles. The first-order chi connectivity index (χ1) is 10.3. The van der Waals surface area contributed by atoms with Gasteiger partial charge in [0, 0.05) is 12.3 Å². The highest BCUT2D eigenvalue weighted by molar-refractivity contribution is 5.97. The molecule has 4 heterocycles. The van der Waals surface area contributed by atoms with Crippen LogP contribution in [0.1, 0.15) is 37.8 Å². The van der Waals surface area contributed by atoms with Gasteiger partial charge in [0.1, 0.15) is 6.04 Å². The Bertz CT molecular complexity index is 575. The highest BCUT2D eigenvalue weighted by Gasteiger charge is 2.50. The first-order valence-corrected chi connectivity index (χ1v) is 7.99. The van der Waals surface area contributed by atoms with Crippen LogP contribution >= 0.6 is 0 Å². The number of benzene rings is 1. The van der Waals surface area contributed by atoms with Crippen LogP contribution in [0.4, 0.5) is 0 Å². The molecule has 2 atom stereocenters. The molecule has 4 nitrogen and oxygen atoms in total. The van der Waals surface area contributed by atoms with E-state index in [1.807, 2.05) is 13.0 Å². The van der Waals surface area contributed by atoms with Crippen molar-refractivity contribution in [2.45, 2.75) is 38.3 Å². The summed E-state index contributed by atoms with van der Waals surface area (Å²) in [5.74, 6) is 0.715. The number of hydrogen-bond acceptors (Lipinski definition) is 3. The molecule has 0 aliphatic carbocycles. The Morgan fingerprint density at radius 2 is 1.90 bits per heavy atom. The van der Waals surface area contributed by atoms with Gasteiger partial charge in [0.2, 0.25) is 5.91 Å². The highest BCUT2D eigenvalue weighted by Crippen LogP contribution is 2.43. The lowest BCUT2D eigenvalue weighted by atomic mass is 9.78. The van der Waals surface area contributed by atoms with E-state index in [4.69, 9.17) is 5.10 Å². The Labute approximate surface area is 125 Å². The largest absolute Gasteiger partial charge is 0.293 e. The summed E-state index contributed by atoms with van der Waals surface area (Å²) < 4.78 is 0. The van der Waals surface area contributed by atoms with Gasteiger partial charge in [-0.15, -0.1) is 0 Å². The first kappa shape index (κ1) is 13.0. The SMILES string of the molecule is CCC(=O)N1N=C2C3CCN(CC3)[C@H]2[C@H]1c1ccccc1. The summed E-state index contributed by atoms with van der Waals surface area (Å²) in [7, 11) is 0. The second-order valence-electron chi connectivity index (χ2n) is 6.23. The van der Waals surface area contributed by atoms with Crippen molar-refractivity contribution in [2.24, 2.45) is 11.0 Å². The number of carbonyl (C=O) groups is 1. The minimum Gasteiger partial charge on any atom is -0.293 e. The van der Waals surface area contributed by atoms with Gasteiger partial charge >= 0.3 is 0 Å². The van der Waals surface area contributed by atoms with Crippen LogP contribution in [0.15, 0.2) is 35.4 Å². The van der Waals surface area contributed by atoms with Gasteiger partial charge in [-0.25, -0.2) is 5.01 Å². The molecule has 110 valence electrons. The molecular weight excluding hydrogens is 262 g/mol. The fourth-order valence-electron chi connectivity index (χ4n) is 4.07. The minimum atomic E-state index is 0.0664. The smallest absolute Gasteiger partial charge is 0.243 e. The zero-order valence-corrected chi connectivity index (χ0v) is 12.4. The van der Waals surface area contributed by atoms with Crippen LogP contribution in [-0.2, 0) is 4.79 Å². The number of hydrazone groups is 1. The summed E-state index contributed by atoms with van der Waals surface area (Å²) in [4.78, 5) is 14.9. The number of hydrogen-bond donors (Lipinski definition) is 0. The molecule has 0 radical (unpaired) electrons. The van der Waals surface area contributed by atoms with Crippen molar-refractivity contribution in [1.29, 1.82) is 0 Å². The topological polar surface area (TPSA) is 35.9 Å². The molecule has 0 aromatic heterocycles. The summed E-state index contributed by atoms with van der Waals surface area (Å²) in [6, 6.07) is 10.8. The van der Waals surface area contributed by atoms with E-state index >= 15 is 0 Å². The summed E-state index contributed by atoms with van der Waals surface area (Å²) in [5.41, 5.74) is 2.46. The van der Waals surface area contributed by atoms with Crippen molar-refractivity contribution in [3.05, 3.63) is 35.9 Å². The molecule has 5 rings (SSSR count). The molecule has 3 fully saturated rings. The van der Waals surface area contributed by atoms with E-state index in [2.05, 4.69) is 29.2 Å². The standard InChI is InChI=1S/C17H21N3O/c1-2-14(21)20-16(13-6-4-3-5-7-13)17-15(18-20)12-8-10-19(17)11-9-12/h3-7,12,16-17H,2,8-11H2,1H3/t16-,17-/m1/s1. The van der Waals surface area contributed by atoms with Crippen LogP contribution in [0.5, 0.6) is 0 Å². The van der Waals surface area contributed by atoms with Crippen LogP contribution in [-0.4, -0.2) is 40.7 Å². The van der Waals surface area contributed by atoms with Crippen LogP contribution in [0, 0.1) is 5.92 Å². The van der Waals surface area contributed by atoms with E-state index in [0.29, 0.717) is 18.4 Å². The van der Waals surface area contributed by atoms with Crippen molar-refractivity contribution in [1.82, 2.24) is 9.91 Å². The highest BCUT2D eigenvalue weighted by atomic mass is 16.2. The maximum absolute atomic E-state index is 12.4. The lowest BCUT2D eigenvalue weighted by Crippen LogP contribution is -2.56. The number of carbonyl (C=O) groups excluding carboxylic acids is 1. The Balaban J connectivity index is 1.77. The van der Waals surface area contributed by atoms with Gasteiger partial charge in [0.15, 0.2) is 0 Å². The Hall–Kier alpha value is -1.68. The van der Waals surface area contributed by atoms with Gasteiger partial charge in [-0.3, -0.25) is 9.69 Å². The molecule has 0 N–H and O–H groups in total. The third-order valence-corrected chi connectivity index (χ3v) is 5.13. The number of fused-ring (bicyclic) bond motifs is 2. The van der Waals surface area contributed by atoms with Gasteiger partial charge in [-0.05, 0) is 31.5 Å². The fraction of sp³-hybridized carbons (Fsp3) is 0.529. The molecule has 1 amide bonds. The average molecular weight is 283 g/mol. The second kappa shape index (κ2) is 4.95. The lowest BCUT2D eigenvalue weighted by Gasteiger charge is -2.46. The monoisotopic (exact) mass is 283 g/mol. The third kappa shape index (κ3) is 1.93. The number of amides is 1. The van der Waals surface area contributed by atoms with Crippen molar-refractivity contribution in [3.63, 3.8) is 0 Å². The van der Waals surface area contributed by atoms with E-state index in [-0.39, 0.29) is 11.9 Å². The summed E-state index contributed by atoms with van der Waals surface area (Å²) >= 11 is 0. The molecule has 1 aromatic rings. The predicted molar refractivity (Wildman–Crippen MR) is 81.8 cm³/mol. The Kier molecular flexibility index (Phi) is 3.07. The fourth-order valence-corrected chi connectivity index (χ4v) is 4.07. The number of rotatable bonds is 2. The van der Waals surface area contributed by atoms with Gasteiger partial charge in [-0.1, -0.05) is 37.3 Å². The van der Waals surface area contributed by atoms with Crippen molar-refractivity contribution in [2.75, 3.05) is 13.1 Å². The summed E-state index contributed by atoms with van der Waals surface area (Å²) in [5, 5.41) is 6.55. The van der Waals surface area contributed by atoms with Crippen molar-refractivity contribution >= 4 is 11.6 Å². The number of nitrogens with zero attached hydrogens (tertiary/aromatic N) is 3. The van der Waals surface area contributed by atoms with Crippen LogP contribution in [0.2, 0.25) is 0 Å². The maximum Gasteiger partial charge on any atom is 0.243 e. The second-order valence-corrected chi connectivity index (χ2v) is 6.23.